The second kappa shape index (κ2) is 9.77. The third-order valence-corrected chi connectivity index (χ3v) is 2.72. The molecule has 2 N–H and O–H groups in total. The van der Waals surface area contributed by atoms with Crippen LogP contribution in [0.25, 0.3) is 0 Å². The minimum atomic E-state index is 0.702. The molecule has 0 bridgehead atoms. The zero-order valence-corrected chi connectivity index (χ0v) is 11.7. The third kappa shape index (κ3) is 6.50. The van der Waals surface area contributed by atoms with E-state index in [0.29, 0.717) is 6.61 Å². The summed E-state index contributed by atoms with van der Waals surface area (Å²) < 4.78 is 11.1. The lowest BCUT2D eigenvalue weighted by atomic mass is 10.3. The molecule has 1 aromatic rings. The van der Waals surface area contributed by atoms with Gasteiger partial charge in [-0.25, -0.2) is 0 Å². The van der Waals surface area contributed by atoms with Crippen molar-refractivity contribution in [3.05, 3.63) is 24.3 Å². The Morgan fingerprint density at radius 1 is 0.889 bits per heavy atom. The SMILES string of the molecule is CCCC[NH2+]CCCOc1ccc(OCC)cc1. The maximum atomic E-state index is 5.67. The van der Waals surface area contributed by atoms with Crippen LogP contribution in [0.3, 0.4) is 0 Å². The molecular formula is C15H26NO2+. The number of ether oxygens (including phenoxy) is 2. The highest BCUT2D eigenvalue weighted by molar-refractivity contribution is 5.31. The summed E-state index contributed by atoms with van der Waals surface area (Å²) in [5.41, 5.74) is 0. The smallest absolute Gasteiger partial charge is 0.119 e. The van der Waals surface area contributed by atoms with Crippen LogP contribution < -0.4 is 14.8 Å². The Balaban J connectivity index is 2.08. The summed E-state index contributed by atoms with van der Waals surface area (Å²) in [7, 11) is 0. The average Bonchev–Trinajstić information content (AvgIpc) is 2.40. The fraction of sp³-hybridized carbons (Fsp3) is 0.600. The number of unbranched alkanes of at least 4 members (excludes halogenated alkanes) is 1. The minimum absolute atomic E-state index is 0.702. The van der Waals surface area contributed by atoms with Gasteiger partial charge in [0.05, 0.1) is 26.3 Å². The minimum Gasteiger partial charge on any atom is -0.494 e. The lowest BCUT2D eigenvalue weighted by Gasteiger charge is -2.07. The summed E-state index contributed by atoms with van der Waals surface area (Å²) in [5.74, 6) is 1.82. The fourth-order valence-electron chi connectivity index (χ4n) is 1.71. The molecule has 0 spiro atoms. The molecule has 0 saturated heterocycles. The largest absolute Gasteiger partial charge is 0.494 e. The summed E-state index contributed by atoms with van der Waals surface area (Å²) in [6.45, 7) is 8.09. The predicted octanol–water partition coefficient (Wildman–Crippen LogP) is 2.22. The van der Waals surface area contributed by atoms with E-state index in [1.54, 1.807) is 0 Å². The summed E-state index contributed by atoms with van der Waals surface area (Å²) >= 11 is 0. The van der Waals surface area contributed by atoms with Crippen molar-refractivity contribution in [2.45, 2.75) is 33.1 Å². The van der Waals surface area contributed by atoms with Gasteiger partial charge in [-0.3, -0.25) is 0 Å². The lowest BCUT2D eigenvalue weighted by Crippen LogP contribution is -2.84. The van der Waals surface area contributed by atoms with E-state index < -0.39 is 0 Å². The van der Waals surface area contributed by atoms with Crippen molar-refractivity contribution in [1.29, 1.82) is 0 Å². The number of quaternary nitrogens is 1. The Morgan fingerprint density at radius 2 is 1.50 bits per heavy atom. The van der Waals surface area contributed by atoms with Gasteiger partial charge in [0.1, 0.15) is 11.5 Å². The molecule has 0 amide bonds. The van der Waals surface area contributed by atoms with Gasteiger partial charge in [0.2, 0.25) is 0 Å². The maximum Gasteiger partial charge on any atom is 0.119 e. The molecule has 0 fully saturated rings. The molecule has 0 aliphatic rings. The highest BCUT2D eigenvalue weighted by Gasteiger charge is 1.96. The van der Waals surface area contributed by atoms with Gasteiger partial charge in [-0.1, -0.05) is 13.3 Å². The molecule has 1 aromatic carbocycles. The van der Waals surface area contributed by atoms with Gasteiger partial charge in [-0.2, -0.15) is 0 Å². The van der Waals surface area contributed by atoms with E-state index in [9.17, 15) is 0 Å². The highest BCUT2D eigenvalue weighted by Crippen LogP contribution is 2.17. The van der Waals surface area contributed by atoms with Crippen LogP contribution in [0.4, 0.5) is 0 Å². The van der Waals surface area contributed by atoms with Crippen molar-refractivity contribution in [2.24, 2.45) is 0 Å². The summed E-state index contributed by atoms with van der Waals surface area (Å²) in [6, 6.07) is 7.83. The molecule has 0 saturated carbocycles. The normalized spacial score (nSPS) is 10.3. The van der Waals surface area contributed by atoms with Crippen LogP contribution in [0, 0.1) is 0 Å². The maximum absolute atomic E-state index is 5.67. The van der Waals surface area contributed by atoms with Crippen molar-refractivity contribution in [3.8, 4) is 11.5 Å². The predicted molar refractivity (Wildman–Crippen MR) is 74.3 cm³/mol. The zero-order valence-electron chi connectivity index (χ0n) is 11.7. The van der Waals surface area contributed by atoms with Crippen molar-refractivity contribution >= 4 is 0 Å². The van der Waals surface area contributed by atoms with Gasteiger partial charge in [-0.05, 0) is 37.6 Å². The molecule has 3 heteroatoms. The first kappa shape index (κ1) is 14.8. The van der Waals surface area contributed by atoms with Crippen LogP contribution in [0.5, 0.6) is 11.5 Å². The summed E-state index contributed by atoms with van der Waals surface area (Å²) in [4.78, 5) is 0. The molecule has 0 aliphatic carbocycles. The third-order valence-electron chi connectivity index (χ3n) is 2.72. The topological polar surface area (TPSA) is 35.1 Å². The molecule has 3 nitrogen and oxygen atoms in total. The summed E-state index contributed by atoms with van der Waals surface area (Å²) in [5, 5.41) is 2.37. The van der Waals surface area contributed by atoms with Crippen molar-refractivity contribution in [3.63, 3.8) is 0 Å². The van der Waals surface area contributed by atoms with E-state index in [4.69, 9.17) is 9.47 Å². The Labute approximate surface area is 110 Å². The number of nitrogens with two attached hydrogens (primary N) is 1. The Bertz CT molecular complexity index is 298. The zero-order chi connectivity index (χ0) is 13.1. The van der Waals surface area contributed by atoms with Crippen LogP contribution in [0.15, 0.2) is 24.3 Å². The Kier molecular flexibility index (Phi) is 8.06. The molecule has 0 atom stereocenters. The van der Waals surface area contributed by atoms with Gasteiger partial charge in [-0.15, -0.1) is 0 Å². The van der Waals surface area contributed by atoms with E-state index in [1.807, 2.05) is 31.2 Å². The standard InChI is InChI=1S/C15H25NO2/c1-3-5-11-16-12-6-13-18-15-9-7-14(8-10-15)17-4-2/h7-10,16H,3-6,11-13H2,1-2H3/p+1. The van der Waals surface area contributed by atoms with Crippen molar-refractivity contribution < 1.29 is 14.8 Å². The van der Waals surface area contributed by atoms with E-state index in [2.05, 4.69) is 12.2 Å². The highest BCUT2D eigenvalue weighted by atomic mass is 16.5. The van der Waals surface area contributed by atoms with Gasteiger partial charge >= 0.3 is 0 Å². The molecule has 0 aliphatic heterocycles. The Hall–Kier alpha value is -1.22. The van der Waals surface area contributed by atoms with Gasteiger partial charge in [0, 0.05) is 6.42 Å². The van der Waals surface area contributed by atoms with E-state index >= 15 is 0 Å². The first-order valence-electron chi connectivity index (χ1n) is 7.04. The monoisotopic (exact) mass is 252 g/mol. The number of benzene rings is 1. The molecular weight excluding hydrogens is 226 g/mol. The molecule has 1 rings (SSSR count). The van der Waals surface area contributed by atoms with Crippen LogP contribution >= 0.6 is 0 Å². The fourth-order valence-corrected chi connectivity index (χ4v) is 1.71. The molecule has 0 unspecified atom stereocenters. The van der Waals surface area contributed by atoms with Gasteiger partial charge in [0.25, 0.3) is 0 Å². The van der Waals surface area contributed by atoms with Crippen LogP contribution in [0.2, 0.25) is 0 Å². The molecule has 0 radical (unpaired) electrons. The first-order valence-corrected chi connectivity index (χ1v) is 7.04. The van der Waals surface area contributed by atoms with Crippen molar-refractivity contribution in [2.75, 3.05) is 26.3 Å². The number of hydrogen-bond donors (Lipinski definition) is 1. The average molecular weight is 252 g/mol. The molecule has 18 heavy (non-hydrogen) atoms. The summed E-state index contributed by atoms with van der Waals surface area (Å²) in [6.07, 6.45) is 3.68. The van der Waals surface area contributed by atoms with Gasteiger partial charge in [0.15, 0.2) is 0 Å². The van der Waals surface area contributed by atoms with Crippen LogP contribution in [-0.4, -0.2) is 26.3 Å². The van der Waals surface area contributed by atoms with Gasteiger partial charge < -0.3 is 14.8 Å². The second-order valence-corrected chi connectivity index (χ2v) is 4.33. The van der Waals surface area contributed by atoms with E-state index in [0.717, 1.165) is 31.1 Å². The quantitative estimate of drug-likeness (QED) is 0.648. The van der Waals surface area contributed by atoms with Crippen molar-refractivity contribution in [1.82, 2.24) is 0 Å². The first-order chi connectivity index (χ1) is 8.86. The van der Waals surface area contributed by atoms with Crippen LogP contribution in [0.1, 0.15) is 33.1 Å². The molecule has 0 heterocycles. The number of rotatable bonds is 10. The van der Waals surface area contributed by atoms with E-state index in [-0.39, 0.29) is 0 Å². The second-order valence-electron chi connectivity index (χ2n) is 4.33. The molecule has 0 aromatic heterocycles. The Morgan fingerprint density at radius 3 is 2.11 bits per heavy atom. The molecule has 102 valence electrons. The number of hydrogen-bond acceptors (Lipinski definition) is 2. The lowest BCUT2D eigenvalue weighted by molar-refractivity contribution is -0.655. The van der Waals surface area contributed by atoms with Crippen LogP contribution in [-0.2, 0) is 0 Å². The van der Waals surface area contributed by atoms with E-state index in [1.165, 1.54) is 19.4 Å².